The molecule has 1 saturated heterocycles. The third kappa shape index (κ3) is 2.58. The summed E-state index contributed by atoms with van der Waals surface area (Å²) < 4.78 is 4.78. The van der Waals surface area contributed by atoms with Crippen LogP contribution in [0.3, 0.4) is 0 Å². The van der Waals surface area contributed by atoms with Crippen LogP contribution in [0.25, 0.3) is 0 Å². The number of ether oxygens (including phenoxy) is 1. The van der Waals surface area contributed by atoms with Gasteiger partial charge in [-0.3, -0.25) is 0 Å². The SMILES string of the molecule is CCN(c1cc(O)cc(C(=O)OC)c1C)C1CN(C)C1. The minimum absolute atomic E-state index is 0.0946. The molecule has 110 valence electrons. The molecule has 5 nitrogen and oxygen atoms in total. The number of likely N-dealkylation sites (tertiary alicyclic amines) is 1. The molecular formula is C15H22N2O3. The zero-order valence-electron chi connectivity index (χ0n) is 12.5. The largest absolute Gasteiger partial charge is 0.508 e. The quantitative estimate of drug-likeness (QED) is 0.848. The first-order valence-electron chi connectivity index (χ1n) is 6.85. The number of phenols is 1. The number of rotatable bonds is 4. The Labute approximate surface area is 119 Å². The molecular weight excluding hydrogens is 256 g/mol. The van der Waals surface area contributed by atoms with Gasteiger partial charge in [-0.1, -0.05) is 0 Å². The summed E-state index contributed by atoms with van der Waals surface area (Å²) in [6.07, 6.45) is 0. The third-order valence-corrected chi connectivity index (χ3v) is 3.91. The monoisotopic (exact) mass is 278 g/mol. The Hall–Kier alpha value is -1.75. The first kappa shape index (κ1) is 14.7. The zero-order valence-corrected chi connectivity index (χ0v) is 12.5. The number of hydrogen-bond donors (Lipinski definition) is 1. The molecule has 0 atom stereocenters. The number of nitrogens with zero attached hydrogens (tertiary/aromatic N) is 2. The van der Waals surface area contributed by atoms with E-state index in [1.54, 1.807) is 6.07 Å². The van der Waals surface area contributed by atoms with E-state index in [2.05, 4.69) is 23.8 Å². The highest BCUT2D eigenvalue weighted by molar-refractivity contribution is 5.93. The third-order valence-electron chi connectivity index (χ3n) is 3.91. The zero-order chi connectivity index (χ0) is 14.9. The maximum absolute atomic E-state index is 11.8. The minimum Gasteiger partial charge on any atom is -0.508 e. The molecule has 1 aliphatic heterocycles. The van der Waals surface area contributed by atoms with E-state index in [0.29, 0.717) is 11.6 Å². The number of phenolic OH excluding ortho intramolecular Hbond substituents is 1. The lowest BCUT2D eigenvalue weighted by atomic mass is 10.0. The summed E-state index contributed by atoms with van der Waals surface area (Å²) >= 11 is 0. The molecule has 0 saturated carbocycles. The fourth-order valence-electron chi connectivity index (χ4n) is 2.79. The van der Waals surface area contributed by atoms with Gasteiger partial charge in [0.05, 0.1) is 18.7 Å². The Kier molecular flexibility index (Phi) is 4.18. The molecule has 0 spiro atoms. The van der Waals surface area contributed by atoms with Crippen molar-refractivity contribution in [2.75, 3.05) is 38.7 Å². The number of carbonyl (C=O) groups is 1. The van der Waals surface area contributed by atoms with Gasteiger partial charge in [-0.15, -0.1) is 0 Å². The topological polar surface area (TPSA) is 53.0 Å². The van der Waals surface area contributed by atoms with Crippen LogP contribution in [0.15, 0.2) is 12.1 Å². The van der Waals surface area contributed by atoms with Crippen molar-refractivity contribution in [3.63, 3.8) is 0 Å². The van der Waals surface area contributed by atoms with Crippen LogP contribution < -0.4 is 4.90 Å². The predicted octanol–water partition coefficient (Wildman–Crippen LogP) is 1.63. The van der Waals surface area contributed by atoms with Crippen molar-refractivity contribution < 1.29 is 14.6 Å². The maximum atomic E-state index is 11.8. The van der Waals surface area contributed by atoms with Gasteiger partial charge in [-0.25, -0.2) is 4.79 Å². The van der Waals surface area contributed by atoms with E-state index < -0.39 is 5.97 Å². The summed E-state index contributed by atoms with van der Waals surface area (Å²) in [6.45, 7) is 6.81. The lowest BCUT2D eigenvalue weighted by Crippen LogP contribution is -2.58. The van der Waals surface area contributed by atoms with E-state index in [1.807, 2.05) is 6.92 Å². The second-order valence-corrected chi connectivity index (χ2v) is 5.29. The average Bonchev–Trinajstić information content (AvgIpc) is 2.40. The van der Waals surface area contributed by atoms with Gasteiger partial charge in [-0.2, -0.15) is 0 Å². The fourth-order valence-corrected chi connectivity index (χ4v) is 2.79. The summed E-state index contributed by atoms with van der Waals surface area (Å²) in [5.74, 6) is -0.321. The molecule has 1 heterocycles. The highest BCUT2D eigenvalue weighted by atomic mass is 16.5. The van der Waals surface area contributed by atoms with Crippen LogP contribution in [-0.4, -0.2) is 55.8 Å². The molecule has 5 heteroatoms. The van der Waals surface area contributed by atoms with E-state index in [1.165, 1.54) is 13.2 Å². The summed E-state index contributed by atoms with van der Waals surface area (Å²) in [4.78, 5) is 16.3. The lowest BCUT2D eigenvalue weighted by molar-refractivity contribution is 0.0599. The number of likely N-dealkylation sites (N-methyl/N-ethyl adjacent to an activating group) is 2. The first-order chi connectivity index (χ1) is 9.47. The average molecular weight is 278 g/mol. The fraction of sp³-hybridized carbons (Fsp3) is 0.533. The molecule has 0 radical (unpaired) electrons. The summed E-state index contributed by atoms with van der Waals surface area (Å²) in [7, 11) is 3.43. The van der Waals surface area contributed by atoms with E-state index in [9.17, 15) is 9.90 Å². The number of anilines is 1. The molecule has 0 unspecified atom stereocenters. The number of methoxy groups -OCH3 is 1. The van der Waals surface area contributed by atoms with Gasteiger partial charge in [0, 0.05) is 31.4 Å². The van der Waals surface area contributed by atoms with Gasteiger partial charge in [0.25, 0.3) is 0 Å². The Balaban J connectivity index is 2.39. The number of benzene rings is 1. The van der Waals surface area contributed by atoms with E-state index in [4.69, 9.17) is 4.74 Å². The van der Waals surface area contributed by atoms with Crippen LogP contribution in [0.4, 0.5) is 5.69 Å². The van der Waals surface area contributed by atoms with Gasteiger partial charge in [-0.05, 0) is 32.5 Å². The van der Waals surface area contributed by atoms with Gasteiger partial charge in [0.2, 0.25) is 0 Å². The second kappa shape index (κ2) is 5.71. The molecule has 1 aromatic carbocycles. The molecule has 0 aliphatic carbocycles. The van der Waals surface area contributed by atoms with Gasteiger partial charge < -0.3 is 19.6 Å². The van der Waals surface area contributed by atoms with Crippen LogP contribution in [0, 0.1) is 6.92 Å². The normalized spacial score (nSPS) is 15.8. The van der Waals surface area contributed by atoms with Crippen molar-refractivity contribution in [1.82, 2.24) is 4.90 Å². The Morgan fingerprint density at radius 1 is 1.50 bits per heavy atom. The number of hydrogen-bond acceptors (Lipinski definition) is 5. The van der Waals surface area contributed by atoms with Crippen molar-refractivity contribution in [1.29, 1.82) is 0 Å². The Morgan fingerprint density at radius 2 is 2.15 bits per heavy atom. The summed E-state index contributed by atoms with van der Waals surface area (Å²) in [6, 6.07) is 3.62. The summed E-state index contributed by atoms with van der Waals surface area (Å²) in [5, 5.41) is 9.89. The summed E-state index contributed by atoms with van der Waals surface area (Å²) in [5.41, 5.74) is 2.19. The highest BCUT2D eigenvalue weighted by Crippen LogP contribution is 2.32. The van der Waals surface area contributed by atoms with Crippen molar-refractivity contribution in [3.8, 4) is 5.75 Å². The molecule has 1 aromatic rings. The van der Waals surface area contributed by atoms with Crippen LogP contribution in [0.5, 0.6) is 5.75 Å². The smallest absolute Gasteiger partial charge is 0.338 e. The van der Waals surface area contributed by atoms with Gasteiger partial charge in [0.15, 0.2) is 0 Å². The number of carbonyl (C=O) groups excluding carboxylic acids is 1. The van der Waals surface area contributed by atoms with Crippen molar-refractivity contribution in [2.24, 2.45) is 0 Å². The van der Waals surface area contributed by atoms with E-state index in [-0.39, 0.29) is 5.75 Å². The van der Waals surface area contributed by atoms with Crippen LogP contribution in [-0.2, 0) is 4.74 Å². The molecule has 1 fully saturated rings. The molecule has 1 N–H and O–H groups in total. The van der Waals surface area contributed by atoms with E-state index in [0.717, 1.165) is 30.9 Å². The van der Waals surface area contributed by atoms with E-state index >= 15 is 0 Å². The Bertz CT molecular complexity index is 510. The van der Waals surface area contributed by atoms with Crippen molar-refractivity contribution in [2.45, 2.75) is 19.9 Å². The van der Waals surface area contributed by atoms with Crippen LogP contribution in [0.2, 0.25) is 0 Å². The molecule has 2 rings (SSSR count). The molecule has 0 bridgehead atoms. The highest BCUT2D eigenvalue weighted by Gasteiger charge is 2.30. The van der Waals surface area contributed by atoms with Crippen molar-refractivity contribution in [3.05, 3.63) is 23.3 Å². The molecule has 0 aromatic heterocycles. The molecule has 0 amide bonds. The van der Waals surface area contributed by atoms with Crippen molar-refractivity contribution >= 4 is 11.7 Å². The minimum atomic E-state index is -0.415. The van der Waals surface area contributed by atoms with Crippen LogP contribution >= 0.6 is 0 Å². The number of aromatic hydroxyl groups is 1. The van der Waals surface area contributed by atoms with Gasteiger partial charge >= 0.3 is 5.97 Å². The second-order valence-electron chi connectivity index (χ2n) is 5.29. The van der Waals surface area contributed by atoms with Gasteiger partial charge in [0.1, 0.15) is 5.75 Å². The number of esters is 1. The first-order valence-corrected chi connectivity index (χ1v) is 6.85. The molecule has 1 aliphatic rings. The maximum Gasteiger partial charge on any atom is 0.338 e. The molecule has 20 heavy (non-hydrogen) atoms. The standard InChI is InChI=1S/C15H22N2O3/c1-5-17(11-8-16(3)9-11)14-7-12(18)6-13(10(14)2)15(19)20-4/h6-7,11,18H,5,8-9H2,1-4H3. The Morgan fingerprint density at radius 3 is 2.65 bits per heavy atom. The predicted molar refractivity (Wildman–Crippen MR) is 78.5 cm³/mol. The van der Waals surface area contributed by atoms with Crippen LogP contribution in [0.1, 0.15) is 22.8 Å². The lowest BCUT2D eigenvalue weighted by Gasteiger charge is -2.45.